The van der Waals surface area contributed by atoms with E-state index in [1.54, 1.807) is 22.2 Å². The summed E-state index contributed by atoms with van der Waals surface area (Å²) in [6.07, 6.45) is 4.05. The van der Waals surface area contributed by atoms with Crippen LogP contribution in [0.2, 0.25) is 0 Å². The zero-order valence-corrected chi connectivity index (χ0v) is 20.4. The first-order chi connectivity index (χ1) is 16.8. The van der Waals surface area contributed by atoms with Crippen molar-refractivity contribution in [1.29, 1.82) is 0 Å². The number of hydrogen-bond donors (Lipinski definition) is 2. The van der Waals surface area contributed by atoms with E-state index in [1.807, 2.05) is 42.5 Å². The Hall–Kier alpha value is -3.98. The number of nitrogen functional groups attached to an aromatic ring is 1. The van der Waals surface area contributed by atoms with Gasteiger partial charge in [-0.05, 0) is 35.7 Å². The van der Waals surface area contributed by atoms with Crippen LogP contribution < -0.4 is 16.4 Å². The normalized spacial score (nSPS) is 13.2. The summed E-state index contributed by atoms with van der Waals surface area (Å²) in [7, 11) is 0. The smallest absolute Gasteiger partial charge is 0.315 e. The highest BCUT2D eigenvalue weighted by Crippen LogP contribution is 2.39. The summed E-state index contributed by atoms with van der Waals surface area (Å²) in [5.41, 5.74) is 15.6. The van der Waals surface area contributed by atoms with Crippen molar-refractivity contribution in [2.45, 2.75) is 32.7 Å². The van der Waals surface area contributed by atoms with Gasteiger partial charge in [0.25, 0.3) is 5.91 Å². The Balaban J connectivity index is 1.66. The molecule has 0 bridgehead atoms. The van der Waals surface area contributed by atoms with E-state index in [-0.39, 0.29) is 11.8 Å². The number of nitrogens with two attached hydrogens (primary N) is 2. The van der Waals surface area contributed by atoms with Crippen molar-refractivity contribution in [1.82, 2.24) is 14.9 Å². The summed E-state index contributed by atoms with van der Waals surface area (Å²) in [6.45, 7) is 5.05. The Morgan fingerprint density at radius 2 is 1.97 bits per heavy atom. The molecule has 0 fully saturated rings. The Morgan fingerprint density at radius 1 is 1.14 bits per heavy atom. The Kier molecular flexibility index (Phi) is 5.86. The average molecular weight is 487 g/mol. The van der Waals surface area contributed by atoms with Crippen LogP contribution in [0.4, 0.5) is 21.9 Å². The highest BCUT2D eigenvalue weighted by Gasteiger charge is 2.30. The van der Waals surface area contributed by atoms with Gasteiger partial charge in [0, 0.05) is 41.0 Å². The molecule has 0 unspecified atom stereocenters. The molecule has 0 radical (unpaired) electrons. The number of rotatable bonds is 4. The molecule has 0 saturated heterocycles. The molecule has 1 aliphatic heterocycles. The van der Waals surface area contributed by atoms with Gasteiger partial charge in [-0.25, -0.2) is 9.78 Å². The van der Waals surface area contributed by atoms with E-state index in [2.05, 4.69) is 23.8 Å². The lowest BCUT2D eigenvalue weighted by Crippen LogP contribution is -2.39. The zero-order chi connectivity index (χ0) is 24.7. The second-order valence-corrected chi connectivity index (χ2v) is 9.97. The average Bonchev–Trinajstić information content (AvgIpc) is 3.29. The van der Waals surface area contributed by atoms with E-state index in [1.165, 1.54) is 11.3 Å². The minimum atomic E-state index is -0.471. The maximum Gasteiger partial charge on any atom is 0.315 e. The Labute approximate surface area is 207 Å². The molecular weight excluding hydrogens is 460 g/mol. The van der Waals surface area contributed by atoms with Crippen LogP contribution in [-0.4, -0.2) is 33.4 Å². The number of carbonyl (C=O) groups is 2. The van der Waals surface area contributed by atoms with Crippen LogP contribution in [0.1, 0.15) is 45.7 Å². The van der Waals surface area contributed by atoms with Gasteiger partial charge in [-0.2, -0.15) is 0 Å². The van der Waals surface area contributed by atoms with Crippen molar-refractivity contribution in [3.8, 4) is 0 Å². The van der Waals surface area contributed by atoms with Crippen molar-refractivity contribution in [3.63, 3.8) is 0 Å². The summed E-state index contributed by atoms with van der Waals surface area (Å²) >= 11 is 1.30. The van der Waals surface area contributed by atoms with Crippen LogP contribution >= 0.6 is 11.3 Å². The van der Waals surface area contributed by atoms with Gasteiger partial charge in [-0.3, -0.25) is 14.7 Å². The maximum atomic E-state index is 14.2. The predicted molar refractivity (Wildman–Crippen MR) is 139 cm³/mol. The topological polar surface area (TPSA) is 118 Å². The second-order valence-electron chi connectivity index (χ2n) is 8.89. The fourth-order valence-electron chi connectivity index (χ4n) is 4.33. The quantitative estimate of drug-likeness (QED) is 0.401. The third-order valence-electron chi connectivity index (χ3n) is 6.29. The van der Waals surface area contributed by atoms with Crippen molar-refractivity contribution < 1.29 is 9.59 Å². The van der Waals surface area contributed by atoms with Crippen LogP contribution in [0.15, 0.2) is 54.9 Å². The number of primary amides is 1. The van der Waals surface area contributed by atoms with E-state index in [9.17, 15) is 9.59 Å². The molecule has 1 aliphatic rings. The molecule has 0 atom stereocenters. The maximum absolute atomic E-state index is 14.2. The van der Waals surface area contributed by atoms with E-state index in [0.717, 1.165) is 26.9 Å². The Bertz CT molecular complexity index is 1440. The molecule has 0 spiro atoms. The highest BCUT2D eigenvalue weighted by molar-refractivity contribution is 7.13. The number of urea groups is 1. The number of anilines is 3. The molecule has 3 amide bonds. The lowest BCUT2D eigenvalue weighted by molar-refractivity contribution is 0.0999. The van der Waals surface area contributed by atoms with Crippen LogP contribution in [0, 0.1) is 0 Å². The number of pyridine rings is 1. The lowest BCUT2D eigenvalue weighted by atomic mass is 10.0. The van der Waals surface area contributed by atoms with Gasteiger partial charge in [0.2, 0.25) is 0 Å². The SMILES string of the molecule is CC(C)c1ccc(N)c(N(C(=O)c2nc3c(s2)CN(C(N)=O)CC3)c2cccc3cnccc23)c1. The number of fused-ring (bicyclic) bond motifs is 2. The zero-order valence-electron chi connectivity index (χ0n) is 19.6. The number of amides is 3. The van der Waals surface area contributed by atoms with Crippen molar-refractivity contribution in [3.05, 3.63) is 76.0 Å². The molecule has 4 N–H and O–H groups in total. The molecule has 2 aromatic heterocycles. The molecule has 178 valence electrons. The van der Waals surface area contributed by atoms with Gasteiger partial charge in [0.05, 0.1) is 29.3 Å². The fourth-order valence-corrected chi connectivity index (χ4v) is 5.39. The van der Waals surface area contributed by atoms with Crippen LogP contribution in [0.3, 0.4) is 0 Å². The van der Waals surface area contributed by atoms with E-state index < -0.39 is 6.03 Å². The largest absolute Gasteiger partial charge is 0.397 e. The van der Waals surface area contributed by atoms with Crippen LogP contribution in [0.5, 0.6) is 0 Å². The molecular formula is C26H26N6O2S. The molecule has 0 saturated carbocycles. The molecule has 9 heteroatoms. The van der Waals surface area contributed by atoms with E-state index in [4.69, 9.17) is 11.5 Å². The van der Waals surface area contributed by atoms with Gasteiger partial charge >= 0.3 is 6.03 Å². The monoisotopic (exact) mass is 486 g/mol. The summed E-state index contributed by atoms with van der Waals surface area (Å²) in [6, 6.07) is 13.0. The highest BCUT2D eigenvalue weighted by atomic mass is 32.1. The lowest BCUT2D eigenvalue weighted by Gasteiger charge is -2.26. The molecule has 35 heavy (non-hydrogen) atoms. The Morgan fingerprint density at radius 3 is 2.74 bits per heavy atom. The first-order valence-electron chi connectivity index (χ1n) is 11.4. The number of thiazole rings is 1. The van der Waals surface area contributed by atoms with Gasteiger partial charge in [0.1, 0.15) is 0 Å². The molecule has 0 aliphatic carbocycles. The van der Waals surface area contributed by atoms with Crippen LogP contribution in [0.25, 0.3) is 10.8 Å². The minimum Gasteiger partial charge on any atom is -0.397 e. The second kappa shape index (κ2) is 8.99. The number of carbonyl (C=O) groups excluding carboxylic acids is 2. The fraction of sp³-hybridized carbons (Fsp3) is 0.231. The summed E-state index contributed by atoms with van der Waals surface area (Å²) in [4.78, 5) is 38.8. The third kappa shape index (κ3) is 4.19. The van der Waals surface area contributed by atoms with E-state index >= 15 is 0 Å². The van der Waals surface area contributed by atoms with Crippen molar-refractivity contribution in [2.75, 3.05) is 17.2 Å². The first kappa shape index (κ1) is 22.8. The number of aromatic nitrogens is 2. The predicted octanol–water partition coefficient (Wildman–Crippen LogP) is 4.81. The molecule has 5 rings (SSSR count). The van der Waals surface area contributed by atoms with E-state index in [0.29, 0.717) is 41.6 Å². The van der Waals surface area contributed by atoms with Gasteiger partial charge in [-0.15, -0.1) is 11.3 Å². The number of benzene rings is 2. The minimum absolute atomic E-state index is 0.259. The standard InChI is InChI=1S/C26H26N6O2S/c1-15(2)16-6-7-19(27)22(12-16)32(21-5-3-4-17-13-29-10-8-18(17)21)25(33)24-30-20-9-11-31(26(28)34)14-23(20)35-24/h3-8,10,12-13,15H,9,11,14,27H2,1-2H3,(H2,28,34). The molecule has 2 aromatic carbocycles. The van der Waals surface area contributed by atoms with Gasteiger partial charge in [0.15, 0.2) is 5.01 Å². The molecule has 3 heterocycles. The van der Waals surface area contributed by atoms with Gasteiger partial charge < -0.3 is 16.4 Å². The van der Waals surface area contributed by atoms with Crippen LogP contribution in [-0.2, 0) is 13.0 Å². The van der Waals surface area contributed by atoms with Crippen molar-refractivity contribution in [2.24, 2.45) is 5.73 Å². The summed E-state index contributed by atoms with van der Waals surface area (Å²) in [5.74, 6) is -0.0121. The molecule has 8 nitrogen and oxygen atoms in total. The first-order valence-corrected chi connectivity index (χ1v) is 12.2. The summed E-state index contributed by atoms with van der Waals surface area (Å²) in [5, 5.41) is 2.14. The third-order valence-corrected chi connectivity index (χ3v) is 7.36. The molecule has 4 aromatic rings. The van der Waals surface area contributed by atoms with Crippen molar-refractivity contribution >= 4 is 51.1 Å². The number of nitrogens with zero attached hydrogens (tertiary/aromatic N) is 4. The summed E-state index contributed by atoms with van der Waals surface area (Å²) < 4.78 is 0. The van der Waals surface area contributed by atoms with Gasteiger partial charge in [-0.1, -0.05) is 32.0 Å². The number of hydrogen-bond acceptors (Lipinski definition) is 6.